The lowest BCUT2D eigenvalue weighted by Crippen LogP contribution is -2.45. The molecule has 3 aliphatic rings. The highest BCUT2D eigenvalue weighted by atomic mass is 79.9. The van der Waals surface area contributed by atoms with Crippen molar-refractivity contribution in [3.8, 4) is 0 Å². The molecule has 0 N–H and O–H groups in total. The molecular formula is C64H58Br3N4P3. The molecule has 3 heterocycles. The first-order chi connectivity index (χ1) is 36.1. The summed E-state index contributed by atoms with van der Waals surface area (Å²) in [7, 11) is -8.47. The molecule has 0 amide bonds. The Labute approximate surface area is 463 Å². The molecule has 74 heavy (non-hydrogen) atoms. The van der Waals surface area contributed by atoms with E-state index < -0.39 is 26.6 Å². The molecule has 9 aromatic rings. The molecule has 8 bridgehead atoms. The summed E-state index contributed by atoms with van der Waals surface area (Å²) in [6.45, 7) is 7.00. The van der Waals surface area contributed by atoms with E-state index in [0.29, 0.717) is 19.6 Å². The summed E-state index contributed by atoms with van der Waals surface area (Å²) in [5.41, 5.74) is 6.01. The number of hydrogen-bond acceptors (Lipinski definition) is 4. The summed E-state index contributed by atoms with van der Waals surface area (Å²) in [5.74, 6) is 0.112. The average molecular weight is 1220 g/mol. The number of halogens is 3. The summed E-state index contributed by atoms with van der Waals surface area (Å²) in [6.07, 6.45) is 2.32. The summed E-state index contributed by atoms with van der Waals surface area (Å²) in [6, 6.07) is 88.5. The van der Waals surface area contributed by atoms with Gasteiger partial charge >= 0.3 is 0 Å². The fourth-order valence-corrected chi connectivity index (χ4v) is 25.9. The molecule has 0 saturated heterocycles. The van der Waals surface area contributed by atoms with Crippen LogP contribution in [0.1, 0.15) is 30.5 Å². The Bertz CT molecular complexity index is 3110. The van der Waals surface area contributed by atoms with Crippen molar-refractivity contribution in [2.24, 2.45) is 25.6 Å². The minimum Gasteiger partial charge on any atom is -0.290 e. The minimum absolute atomic E-state index is 0.112. The predicted octanol–water partition coefficient (Wildman–Crippen LogP) is 17.3. The zero-order valence-corrected chi connectivity index (χ0v) is 49.0. The topological polar surface area (TPSA) is 40.3 Å². The first-order valence-corrected chi connectivity index (χ1v) is 33.5. The Balaban J connectivity index is 1.40. The van der Waals surface area contributed by atoms with Crippen LogP contribution in [0.15, 0.2) is 264 Å². The van der Waals surface area contributed by atoms with Gasteiger partial charge in [-0.2, -0.15) is 0 Å². The predicted molar refractivity (Wildman–Crippen MR) is 331 cm³/mol. The van der Waals surface area contributed by atoms with Crippen LogP contribution < -0.4 is 31.8 Å². The quantitative estimate of drug-likeness (QED) is 0.147. The van der Waals surface area contributed by atoms with E-state index in [1.165, 1.54) is 48.5 Å². The van der Waals surface area contributed by atoms with Gasteiger partial charge in [0.15, 0.2) is 0 Å². The third-order valence-corrected chi connectivity index (χ3v) is 29.3. The maximum absolute atomic E-state index is 6.42. The molecule has 0 unspecified atom stereocenters. The highest BCUT2D eigenvalue weighted by Crippen LogP contribution is 2.67. The molecule has 0 fully saturated rings. The third kappa shape index (κ3) is 10.2. The van der Waals surface area contributed by atoms with Crippen LogP contribution in [0, 0.1) is 11.3 Å². The summed E-state index contributed by atoms with van der Waals surface area (Å²) in [4.78, 5) is 2.56. The molecule has 0 aromatic heterocycles. The van der Waals surface area contributed by atoms with Crippen LogP contribution in [0.3, 0.4) is 0 Å². The normalized spacial score (nSPS) is 19.0. The van der Waals surface area contributed by atoms with Crippen LogP contribution >= 0.6 is 69.0 Å². The summed E-state index contributed by atoms with van der Waals surface area (Å²) < 4.78 is 22.5. The molecular weight excluding hydrogens is 1160 g/mol. The number of benzene rings is 9. The second-order valence-corrected chi connectivity index (χ2v) is 31.9. The molecule has 4 nitrogen and oxygen atoms in total. The zero-order valence-electron chi connectivity index (χ0n) is 41.6. The second-order valence-electron chi connectivity index (χ2n) is 20.1. The summed E-state index contributed by atoms with van der Waals surface area (Å²) >= 11 is 12.2. The van der Waals surface area contributed by atoms with Crippen LogP contribution in [-0.2, 0) is 19.6 Å². The lowest BCUT2D eigenvalue weighted by Gasteiger charge is -2.49. The van der Waals surface area contributed by atoms with Gasteiger partial charge in [0.2, 0.25) is 0 Å². The Morgan fingerprint density at radius 3 is 0.797 bits per heavy atom. The Hall–Kier alpha value is -4.93. The highest BCUT2D eigenvalue weighted by Gasteiger charge is 2.49. The van der Waals surface area contributed by atoms with E-state index in [-0.39, 0.29) is 5.92 Å². The maximum atomic E-state index is 6.42. The zero-order chi connectivity index (χ0) is 50.8. The monoisotopic (exact) mass is 1210 g/mol. The van der Waals surface area contributed by atoms with Crippen molar-refractivity contribution >= 4 is 118 Å². The fraction of sp³-hybridized carbons (Fsp3) is 0.156. The van der Waals surface area contributed by atoms with Gasteiger partial charge in [-0.1, -0.05) is 244 Å². The molecule has 10 heteroatoms. The molecule has 9 aromatic carbocycles. The van der Waals surface area contributed by atoms with Gasteiger partial charge in [0.05, 0.1) is 17.1 Å². The van der Waals surface area contributed by atoms with Gasteiger partial charge in [-0.3, -0.25) is 19.1 Å². The largest absolute Gasteiger partial charge is 0.290 e. The molecule has 0 saturated carbocycles. The van der Waals surface area contributed by atoms with E-state index in [4.69, 9.17) is 14.2 Å². The smallest absolute Gasteiger partial charge is 0.0625 e. The van der Waals surface area contributed by atoms with E-state index in [0.717, 1.165) is 49.0 Å². The number of hydrogen-bond donors (Lipinski definition) is 0. The third-order valence-electron chi connectivity index (χ3n) is 15.1. The van der Waals surface area contributed by atoms with Gasteiger partial charge in [0.25, 0.3) is 0 Å². The van der Waals surface area contributed by atoms with Gasteiger partial charge in [-0.25, -0.2) is 0 Å². The van der Waals surface area contributed by atoms with E-state index in [1.54, 1.807) is 0 Å². The highest BCUT2D eigenvalue weighted by molar-refractivity contribution is 9.11. The Morgan fingerprint density at radius 1 is 0.351 bits per heavy atom. The lowest BCUT2D eigenvalue weighted by atomic mass is 9.82. The minimum atomic E-state index is -2.82. The van der Waals surface area contributed by atoms with E-state index in [9.17, 15) is 0 Å². The van der Waals surface area contributed by atoms with Crippen molar-refractivity contribution in [3.05, 3.63) is 267 Å². The number of rotatable bonds is 7. The summed E-state index contributed by atoms with van der Waals surface area (Å²) in [5, 5.41) is 7.58. The van der Waals surface area contributed by atoms with Crippen LogP contribution in [0.2, 0.25) is 0 Å². The van der Waals surface area contributed by atoms with Crippen molar-refractivity contribution in [2.75, 3.05) is 18.5 Å². The molecule has 0 aliphatic carbocycles. The van der Waals surface area contributed by atoms with E-state index >= 15 is 0 Å². The Morgan fingerprint density at radius 2 is 0.581 bits per heavy atom. The van der Waals surface area contributed by atoms with Gasteiger partial charge in [0, 0.05) is 54.2 Å². The molecule has 0 atom stereocenters. The Kier molecular flexibility index (Phi) is 15.2. The van der Waals surface area contributed by atoms with Gasteiger partial charge in [-0.15, -0.1) is 0 Å². The van der Waals surface area contributed by atoms with Crippen LogP contribution in [0.25, 0.3) is 0 Å². The molecule has 3 aliphatic heterocycles. The maximum Gasteiger partial charge on any atom is 0.0625 e. The number of nitrogens with zero attached hydrogens (tertiary/aromatic N) is 4. The molecule has 12 rings (SSSR count). The molecule has 0 spiro atoms. The molecule has 0 radical (unpaired) electrons. The van der Waals surface area contributed by atoms with E-state index in [1.807, 2.05) is 0 Å². The SMILES string of the molecule is CC(C)C12CP(c3ccccc3)(c3ccccc3)=Nc3ccc(Br)c(c3)CN(Cc3cc(ccc3Br)N=P(c3ccccc3)(c3ccccc3)C1)Cc1cc(ccc1Br)N=P(c1ccccc1)(c1ccccc1)C2. The fourth-order valence-electron chi connectivity index (χ4n) is 11.3. The van der Waals surface area contributed by atoms with Crippen LogP contribution in [0.5, 0.6) is 0 Å². The van der Waals surface area contributed by atoms with Crippen molar-refractivity contribution in [1.82, 2.24) is 4.90 Å². The van der Waals surface area contributed by atoms with Crippen molar-refractivity contribution in [3.63, 3.8) is 0 Å². The standard InChI is InChI=1S/C64H58Br3N4P3/c1-48(2)64-45-72(55-21-9-3-10-22-55,56-23-11-4-12-24-56)68-52-33-36-61(65)49(39-52)42-71(43-50-40-53(34-37-62(50)66)69-73(46-64,57-25-13-5-14-26-57)58-27-15-6-16-28-58)44-51-41-54(35-38-63(51)67)70-74(47-64,59-29-17-7-18-30-59)60-31-19-8-20-32-60/h3-41,48H,42-47H2,1-2H3. The van der Waals surface area contributed by atoms with Crippen molar-refractivity contribution in [1.29, 1.82) is 0 Å². The first kappa shape index (κ1) is 51.2. The first-order valence-electron chi connectivity index (χ1n) is 25.3. The lowest BCUT2D eigenvalue weighted by molar-refractivity contribution is 0.246. The van der Waals surface area contributed by atoms with Crippen LogP contribution in [-0.4, -0.2) is 23.4 Å². The van der Waals surface area contributed by atoms with Gasteiger partial charge in [-0.05, 0) is 133 Å². The molecule has 370 valence electrons. The van der Waals surface area contributed by atoms with Crippen molar-refractivity contribution < 1.29 is 0 Å². The van der Waals surface area contributed by atoms with Crippen LogP contribution in [0.4, 0.5) is 17.1 Å². The van der Waals surface area contributed by atoms with Gasteiger partial charge in [0.1, 0.15) is 0 Å². The second kappa shape index (κ2) is 22.0. The van der Waals surface area contributed by atoms with E-state index in [2.05, 4.69) is 303 Å². The number of fused-ring (bicyclic) bond motifs is 3. The van der Waals surface area contributed by atoms with Gasteiger partial charge < -0.3 is 0 Å². The average Bonchev–Trinajstić information content (AvgIpc) is 3.44. The van der Waals surface area contributed by atoms with Crippen molar-refractivity contribution in [2.45, 2.75) is 33.5 Å².